The van der Waals surface area contributed by atoms with E-state index in [1.807, 2.05) is 37.3 Å². The van der Waals surface area contributed by atoms with Gasteiger partial charge in [0.1, 0.15) is 5.01 Å². The molecule has 1 aromatic carbocycles. The van der Waals surface area contributed by atoms with E-state index in [2.05, 4.69) is 25.9 Å². The summed E-state index contributed by atoms with van der Waals surface area (Å²) in [6.45, 7) is 4.20. The molecule has 2 aromatic rings. The second-order valence-electron chi connectivity index (χ2n) is 5.39. The average molecular weight is 513 g/mol. The van der Waals surface area contributed by atoms with E-state index in [4.69, 9.17) is 0 Å². The maximum Gasteiger partial charge on any atom is 0.434 e. The van der Waals surface area contributed by atoms with Crippen molar-refractivity contribution in [2.45, 2.75) is 26.1 Å². The van der Waals surface area contributed by atoms with Gasteiger partial charge in [0.05, 0.1) is 6.54 Å². The van der Waals surface area contributed by atoms with Crippen molar-refractivity contribution < 1.29 is 13.2 Å². The van der Waals surface area contributed by atoms with Gasteiger partial charge in [-0.3, -0.25) is 0 Å². The number of para-hydroxylation sites is 1. The highest BCUT2D eigenvalue weighted by molar-refractivity contribution is 14.0. The predicted octanol–water partition coefficient (Wildman–Crippen LogP) is 4.34. The molecule has 0 aliphatic heterocycles. The summed E-state index contributed by atoms with van der Waals surface area (Å²) in [6, 6.07) is 9.91. The number of aliphatic imine (C=N–C) groups is 1. The normalized spacial score (nSPS) is 11.6. The number of nitrogens with one attached hydrogen (secondary N) is 3. The van der Waals surface area contributed by atoms with E-state index in [1.54, 1.807) is 0 Å². The Hall–Kier alpha value is -1.56. The number of hydrogen-bond acceptors (Lipinski definition) is 4. The van der Waals surface area contributed by atoms with E-state index < -0.39 is 11.9 Å². The molecule has 150 valence electrons. The third-order valence-corrected chi connectivity index (χ3v) is 4.14. The minimum Gasteiger partial charge on any atom is -0.385 e. The van der Waals surface area contributed by atoms with Gasteiger partial charge in [0, 0.05) is 30.7 Å². The Labute approximate surface area is 177 Å². The van der Waals surface area contributed by atoms with Crippen LogP contribution in [0.25, 0.3) is 0 Å². The molecule has 0 radical (unpaired) electrons. The number of thiazole rings is 1. The summed E-state index contributed by atoms with van der Waals surface area (Å²) < 4.78 is 37.7. The smallest absolute Gasteiger partial charge is 0.385 e. The van der Waals surface area contributed by atoms with Gasteiger partial charge in [0.25, 0.3) is 0 Å². The van der Waals surface area contributed by atoms with Gasteiger partial charge in [-0.05, 0) is 25.5 Å². The number of anilines is 1. The largest absolute Gasteiger partial charge is 0.434 e. The van der Waals surface area contributed by atoms with Crippen LogP contribution in [0, 0.1) is 0 Å². The summed E-state index contributed by atoms with van der Waals surface area (Å²) in [5, 5.41) is 10.9. The molecule has 1 heterocycles. The maximum atomic E-state index is 12.6. The van der Waals surface area contributed by atoms with Gasteiger partial charge in [-0.1, -0.05) is 18.2 Å². The number of benzene rings is 1. The minimum absolute atomic E-state index is 0. The Morgan fingerprint density at radius 1 is 1.15 bits per heavy atom. The van der Waals surface area contributed by atoms with Crippen molar-refractivity contribution in [2.75, 3.05) is 25.0 Å². The zero-order chi connectivity index (χ0) is 18.8. The SMILES string of the molecule is CCNC(=NCc1nc(C(F)(F)F)cs1)NCCCNc1ccccc1.I. The molecular formula is C17H23F3IN5S. The Kier molecular flexibility index (Phi) is 10.4. The lowest BCUT2D eigenvalue weighted by Crippen LogP contribution is -2.38. The first-order chi connectivity index (χ1) is 12.5. The molecule has 0 saturated carbocycles. The first-order valence-electron chi connectivity index (χ1n) is 8.31. The highest BCUT2D eigenvalue weighted by atomic mass is 127. The fourth-order valence-electron chi connectivity index (χ4n) is 2.09. The molecule has 0 aliphatic carbocycles. The minimum atomic E-state index is -4.41. The van der Waals surface area contributed by atoms with Crippen LogP contribution in [-0.4, -0.2) is 30.6 Å². The quantitative estimate of drug-likeness (QED) is 0.213. The molecule has 27 heavy (non-hydrogen) atoms. The van der Waals surface area contributed by atoms with Gasteiger partial charge in [-0.2, -0.15) is 13.2 Å². The van der Waals surface area contributed by atoms with Crippen molar-refractivity contribution in [3.8, 4) is 0 Å². The molecule has 0 unspecified atom stereocenters. The Morgan fingerprint density at radius 2 is 1.89 bits per heavy atom. The molecule has 0 spiro atoms. The van der Waals surface area contributed by atoms with Crippen molar-refractivity contribution in [2.24, 2.45) is 4.99 Å². The molecular weight excluding hydrogens is 490 g/mol. The third-order valence-electron chi connectivity index (χ3n) is 3.31. The predicted molar refractivity (Wildman–Crippen MR) is 115 cm³/mol. The van der Waals surface area contributed by atoms with Crippen LogP contribution in [0.2, 0.25) is 0 Å². The highest BCUT2D eigenvalue weighted by Gasteiger charge is 2.33. The Morgan fingerprint density at radius 3 is 2.52 bits per heavy atom. The van der Waals surface area contributed by atoms with E-state index in [0.29, 0.717) is 24.1 Å². The molecule has 0 bridgehead atoms. The van der Waals surface area contributed by atoms with Crippen LogP contribution in [0.4, 0.5) is 18.9 Å². The van der Waals surface area contributed by atoms with E-state index in [0.717, 1.165) is 35.4 Å². The van der Waals surface area contributed by atoms with E-state index in [-0.39, 0.29) is 30.5 Å². The Balaban J connectivity index is 0.00000364. The lowest BCUT2D eigenvalue weighted by Gasteiger charge is -2.11. The second-order valence-corrected chi connectivity index (χ2v) is 6.34. The lowest BCUT2D eigenvalue weighted by atomic mass is 10.3. The van der Waals surface area contributed by atoms with Gasteiger partial charge in [0.2, 0.25) is 0 Å². The van der Waals surface area contributed by atoms with Gasteiger partial charge in [-0.15, -0.1) is 35.3 Å². The first kappa shape index (κ1) is 23.5. The number of rotatable bonds is 8. The van der Waals surface area contributed by atoms with Crippen LogP contribution in [0.3, 0.4) is 0 Å². The summed E-state index contributed by atoms with van der Waals surface area (Å²) >= 11 is 0.962. The van der Waals surface area contributed by atoms with Crippen molar-refractivity contribution >= 4 is 47.0 Å². The van der Waals surface area contributed by atoms with Crippen LogP contribution in [-0.2, 0) is 12.7 Å². The molecule has 0 saturated heterocycles. The highest BCUT2D eigenvalue weighted by Crippen LogP contribution is 2.30. The molecule has 10 heteroatoms. The number of alkyl halides is 3. The number of hydrogen-bond donors (Lipinski definition) is 3. The van der Waals surface area contributed by atoms with E-state index in [1.165, 1.54) is 0 Å². The summed E-state index contributed by atoms with van der Waals surface area (Å²) in [6.07, 6.45) is -3.54. The Bertz CT molecular complexity index is 691. The van der Waals surface area contributed by atoms with Crippen molar-refractivity contribution in [3.63, 3.8) is 0 Å². The number of guanidine groups is 1. The molecule has 0 amide bonds. The van der Waals surface area contributed by atoms with Gasteiger partial charge < -0.3 is 16.0 Å². The van der Waals surface area contributed by atoms with Crippen LogP contribution >= 0.6 is 35.3 Å². The van der Waals surface area contributed by atoms with Gasteiger partial charge in [0.15, 0.2) is 11.7 Å². The zero-order valence-electron chi connectivity index (χ0n) is 14.8. The van der Waals surface area contributed by atoms with E-state index >= 15 is 0 Å². The number of halogens is 4. The summed E-state index contributed by atoms with van der Waals surface area (Å²) in [4.78, 5) is 7.87. The fourth-order valence-corrected chi connectivity index (χ4v) is 2.81. The zero-order valence-corrected chi connectivity index (χ0v) is 18.0. The molecule has 5 nitrogen and oxygen atoms in total. The summed E-state index contributed by atoms with van der Waals surface area (Å²) in [5.74, 6) is 0.566. The molecule has 1 aromatic heterocycles. The average Bonchev–Trinajstić information content (AvgIpc) is 3.09. The summed E-state index contributed by atoms with van der Waals surface area (Å²) in [7, 11) is 0. The van der Waals surface area contributed by atoms with Crippen LogP contribution in [0.15, 0.2) is 40.7 Å². The molecule has 2 rings (SSSR count). The molecule has 3 N–H and O–H groups in total. The van der Waals surface area contributed by atoms with E-state index in [9.17, 15) is 13.2 Å². The maximum absolute atomic E-state index is 12.6. The lowest BCUT2D eigenvalue weighted by molar-refractivity contribution is -0.140. The van der Waals surface area contributed by atoms with Crippen molar-refractivity contribution in [3.05, 3.63) is 46.4 Å². The molecule has 0 fully saturated rings. The standard InChI is InChI=1S/C17H22F3N5S.HI/c1-2-21-16(23-10-6-9-22-13-7-4-3-5-8-13)24-11-15-25-14(12-26-15)17(18,19)20;/h3-5,7-8,12,22H,2,6,9-11H2,1H3,(H2,21,23,24);1H. The van der Waals surface area contributed by atoms with Gasteiger partial charge >= 0.3 is 6.18 Å². The van der Waals surface area contributed by atoms with Gasteiger partial charge in [-0.25, -0.2) is 9.98 Å². The fraction of sp³-hybridized carbons (Fsp3) is 0.412. The number of nitrogens with zero attached hydrogens (tertiary/aromatic N) is 2. The first-order valence-corrected chi connectivity index (χ1v) is 9.19. The third kappa shape index (κ3) is 8.78. The van der Waals surface area contributed by atoms with Crippen molar-refractivity contribution in [1.82, 2.24) is 15.6 Å². The molecule has 0 aliphatic rings. The summed E-state index contributed by atoms with van der Waals surface area (Å²) in [5.41, 5.74) is 0.204. The number of aromatic nitrogens is 1. The van der Waals surface area contributed by atoms with Crippen molar-refractivity contribution in [1.29, 1.82) is 0 Å². The monoisotopic (exact) mass is 513 g/mol. The van der Waals surface area contributed by atoms with Crippen LogP contribution in [0.1, 0.15) is 24.0 Å². The molecule has 0 atom stereocenters. The van der Waals surface area contributed by atoms with Crippen LogP contribution < -0.4 is 16.0 Å². The second kappa shape index (κ2) is 12.0. The van der Waals surface area contributed by atoms with Crippen LogP contribution in [0.5, 0.6) is 0 Å². The topological polar surface area (TPSA) is 61.3 Å².